The van der Waals surface area contributed by atoms with Crippen LogP contribution in [0.15, 0.2) is 30.3 Å². The van der Waals surface area contributed by atoms with Crippen LogP contribution in [0.5, 0.6) is 0 Å². The van der Waals surface area contributed by atoms with Gasteiger partial charge in [-0.2, -0.15) is 0 Å². The van der Waals surface area contributed by atoms with E-state index in [9.17, 15) is 4.79 Å². The van der Waals surface area contributed by atoms with Crippen LogP contribution in [0.2, 0.25) is 0 Å². The summed E-state index contributed by atoms with van der Waals surface area (Å²) >= 11 is 0. The van der Waals surface area contributed by atoms with E-state index in [0.29, 0.717) is 5.92 Å². The summed E-state index contributed by atoms with van der Waals surface area (Å²) in [5, 5.41) is 11.9. The Balaban J connectivity index is 0.00000128. The average Bonchev–Trinajstić information content (AvgIpc) is 2.30. The van der Waals surface area contributed by atoms with Crippen molar-refractivity contribution in [2.75, 3.05) is 6.54 Å². The fraction of sp³-hybridized carbons (Fsp3) is 0.417. The predicted molar refractivity (Wildman–Crippen MR) is 65.1 cm³/mol. The zero-order valence-electron chi connectivity index (χ0n) is 8.93. The summed E-state index contributed by atoms with van der Waals surface area (Å²) in [6.07, 6.45) is 1.67. The molecule has 2 rings (SSSR count). The second-order valence-electron chi connectivity index (χ2n) is 3.98. The van der Waals surface area contributed by atoms with Crippen LogP contribution in [0, 0.1) is 0 Å². The molecule has 3 nitrogen and oxygen atoms in total. The normalized spacial score (nSPS) is 24.5. The van der Waals surface area contributed by atoms with E-state index in [1.54, 1.807) is 0 Å². The van der Waals surface area contributed by atoms with Crippen LogP contribution in [-0.2, 0) is 4.79 Å². The molecule has 88 valence electrons. The Bertz CT molecular complexity index is 334. The molecule has 1 aliphatic heterocycles. The number of halogens is 1. The lowest BCUT2D eigenvalue weighted by molar-refractivity contribution is -0.140. The number of carboxylic acids is 1. The minimum Gasteiger partial charge on any atom is -0.480 e. The van der Waals surface area contributed by atoms with Crippen molar-refractivity contribution in [2.24, 2.45) is 0 Å². The smallest absolute Gasteiger partial charge is 0.320 e. The van der Waals surface area contributed by atoms with Gasteiger partial charge in [-0.1, -0.05) is 30.3 Å². The van der Waals surface area contributed by atoms with Crippen molar-refractivity contribution in [1.82, 2.24) is 5.32 Å². The van der Waals surface area contributed by atoms with Crippen LogP contribution in [-0.4, -0.2) is 23.7 Å². The van der Waals surface area contributed by atoms with E-state index in [-0.39, 0.29) is 18.4 Å². The molecular formula is C12H16ClNO2. The van der Waals surface area contributed by atoms with E-state index in [2.05, 4.69) is 17.4 Å². The SMILES string of the molecule is Cl.O=C(O)C1CCC(c2ccccc2)CN1. The molecule has 2 N–H and O–H groups in total. The van der Waals surface area contributed by atoms with Gasteiger partial charge in [0, 0.05) is 6.54 Å². The minimum absolute atomic E-state index is 0. The van der Waals surface area contributed by atoms with E-state index in [0.717, 1.165) is 19.4 Å². The van der Waals surface area contributed by atoms with Crippen molar-refractivity contribution in [2.45, 2.75) is 24.8 Å². The summed E-state index contributed by atoms with van der Waals surface area (Å²) in [7, 11) is 0. The van der Waals surface area contributed by atoms with Gasteiger partial charge in [-0.3, -0.25) is 4.79 Å². The molecule has 0 saturated carbocycles. The quantitative estimate of drug-likeness (QED) is 0.833. The Morgan fingerprint density at radius 3 is 2.44 bits per heavy atom. The third-order valence-electron chi connectivity index (χ3n) is 2.98. The highest BCUT2D eigenvalue weighted by Crippen LogP contribution is 2.24. The van der Waals surface area contributed by atoms with Gasteiger partial charge in [-0.05, 0) is 24.3 Å². The molecule has 0 bridgehead atoms. The Labute approximate surface area is 101 Å². The van der Waals surface area contributed by atoms with Gasteiger partial charge < -0.3 is 10.4 Å². The van der Waals surface area contributed by atoms with Crippen molar-refractivity contribution in [3.05, 3.63) is 35.9 Å². The molecule has 0 amide bonds. The van der Waals surface area contributed by atoms with Crippen molar-refractivity contribution in [1.29, 1.82) is 0 Å². The molecule has 16 heavy (non-hydrogen) atoms. The fourth-order valence-corrected chi connectivity index (χ4v) is 2.08. The molecule has 2 atom stereocenters. The van der Waals surface area contributed by atoms with Gasteiger partial charge in [-0.15, -0.1) is 12.4 Å². The van der Waals surface area contributed by atoms with Crippen LogP contribution < -0.4 is 5.32 Å². The maximum Gasteiger partial charge on any atom is 0.320 e. The molecule has 1 saturated heterocycles. The molecule has 0 aromatic heterocycles. The van der Waals surface area contributed by atoms with E-state index >= 15 is 0 Å². The van der Waals surface area contributed by atoms with Crippen LogP contribution in [0.25, 0.3) is 0 Å². The number of carbonyl (C=O) groups is 1. The molecule has 2 unspecified atom stereocenters. The monoisotopic (exact) mass is 241 g/mol. The second kappa shape index (κ2) is 5.87. The number of benzene rings is 1. The average molecular weight is 242 g/mol. The first-order valence-corrected chi connectivity index (χ1v) is 5.28. The highest BCUT2D eigenvalue weighted by Gasteiger charge is 2.25. The predicted octanol–water partition coefficient (Wildman–Crippen LogP) is 2.03. The number of nitrogens with one attached hydrogen (secondary N) is 1. The van der Waals surface area contributed by atoms with Crippen LogP contribution in [0.4, 0.5) is 0 Å². The van der Waals surface area contributed by atoms with E-state index in [1.807, 2.05) is 18.2 Å². The first-order valence-electron chi connectivity index (χ1n) is 5.28. The lowest BCUT2D eigenvalue weighted by Gasteiger charge is -2.27. The number of carboxylic acid groups (broad SMARTS) is 1. The Hall–Kier alpha value is -1.06. The standard InChI is InChI=1S/C12H15NO2.ClH/c14-12(15)11-7-6-10(8-13-11)9-4-2-1-3-5-9;/h1-5,10-11,13H,6-8H2,(H,14,15);1H. The minimum atomic E-state index is -0.735. The Morgan fingerprint density at radius 2 is 1.94 bits per heavy atom. The fourth-order valence-electron chi connectivity index (χ4n) is 2.08. The molecular weight excluding hydrogens is 226 g/mol. The van der Waals surface area contributed by atoms with Crippen molar-refractivity contribution >= 4 is 18.4 Å². The molecule has 0 spiro atoms. The summed E-state index contributed by atoms with van der Waals surface area (Å²) in [6.45, 7) is 0.765. The third-order valence-corrected chi connectivity index (χ3v) is 2.98. The van der Waals surface area contributed by atoms with Crippen LogP contribution in [0.3, 0.4) is 0 Å². The zero-order valence-corrected chi connectivity index (χ0v) is 9.74. The molecule has 1 heterocycles. The van der Waals surface area contributed by atoms with Gasteiger partial charge in [0.15, 0.2) is 0 Å². The maximum absolute atomic E-state index is 10.7. The summed E-state index contributed by atoms with van der Waals surface area (Å²) in [5.41, 5.74) is 1.30. The highest BCUT2D eigenvalue weighted by atomic mass is 35.5. The number of hydrogen-bond donors (Lipinski definition) is 2. The largest absolute Gasteiger partial charge is 0.480 e. The Kier molecular flexibility index (Phi) is 4.77. The molecule has 0 aliphatic carbocycles. The van der Waals surface area contributed by atoms with E-state index < -0.39 is 5.97 Å². The lowest BCUT2D eigenvalue weighted by Crippen LogP contribution is -2.43. The van der Waals surface area contributed by atoms with E-state index in [1.165, 1.54) is 5.56 Å². The van der Waals surface area contributed by atoms with Crippen molar-refractivity contribution < 1.29 is 9.90 Å². The number of hydrogen-bond acceptors (Lipinski definition) is 2. The molecule has 1 aliphatic rings. The van der Waals surface area contributed by atoms with Crippen LogP contribution >= 0.6 is 12.4 Å². The highest BCUT2D eigenvalue weighted by molar-refractivity contribution is 5.85. The second-order valence-corrected chi connectivity index (χ2v) is 3.98. The van der Waals surface area contributed by atoms with Gasteiger partial charge in [0.1, 0.15) is 6.04 Å². The molecule has 1 aromatic rings. The summed E-state index contributed by atoms with van der Waals surface area (Å²) < 4.78 is 0. The lowest BCUT2D eigenvalue weighted by atomic mass is 9.89. The van der Waals surface area contributed by atoms with Gasteiger partial charge in [-0.25, -0.2) is 0 Å². The van der Waals surface area contributed by atoms with Crippen molar-refractivity contribution in [3.8, 4) is 0 Å². The Morgan fingerprint density at radius 1 is 1.25 bits per heavy atom. The van der Waals surface area contributed by atoms with E-state index in [4.69, 9.17) is 5.11 Å². The molecule has 1 fully saturated rings. The number of rotatable bonds is 2. The van der Waals surface area contributed by atoms with Crippen LogP contribution in [0.1, 0.15) is 24.3 Å². The van der Waals surface area contributed by atoms with Gasteiger partial charge in [0.05, 0.1) is 0 Å². The van der Waals surface area contributed by atoms with Crippen molar-refractivity contribution in [3.63, 3.8) is 0 Å². The molecule has 0 radical (unpaired) electrons. The summed E-state index contributed by atoms with van der Waals surface area (Å²) in [6, 6.07) is 9.91. The first-order chi connectivity index (χ1) is 7.27. The zero-order chi connectivity index (χ0) is 10.7. The molecule has 4 heteroatoms. The molecule has 1 aromatic carbocycles. The number of aliphatic carboxylic acids is 1. The first kappa shape index (κ1) is 13.0. The van der Waals surface area contributed by atoms with Gasteiger partial charge in [0.25, 0.3) is 0 Å². The third kappa shape index (κ3) is 2.97. The number of piperidine rings is 1. The topological polar surface area (TPSA) is 49.3 Å². The van der Waals surface area contributed by atoms with Gasteiger partial charge >= 0.3 is 5.97 Å². The maximum atomic E-state index is 10.7. The van der Waals surface area contributed by atoms with Gasteiger partial charge in [0.2, 0.25) is 0 Å². The summed E-state index contributed by atoms with van der Waals surface area (Å²) in [4.78, 5) is 10.7. The summed E-state index contributed by atoms with van der Waals surface area (Å²) in [5.74, 6) is -0.275.